The van der Waals surface area contributed by atoms with Gasteiger partial charge in [0.25, 0.3) is 0 Å². The van der Waals surface area contributed by atoms with Crippen molar-refractivity contribution in [2.24, 2.45) is 0 Å². The van der Waals surface area contributed by atoms with Gasteiger partial charge in [-0.25, -0.2) is 0 Å². The number of phenolic OH excluding ortho intramolecular Hbond substituents is 1. The van der Waals surface area contributed by atoms with E-state index < -0.39 is 0 Å². The highest BCUT2D eigenvalue weighted by Gasteiger charge is 2.29. The summed E-state index contributed by atoms with van der Waals surface area (Å²) in [7, 11) is 0. The molecular formula is C16H24O2. The van der Waals surface area contributed by atoms with Gasteiger partial charge in [0.1, 0.15) is 11.9 Å². The predicted molar refractivity (Wildman–Crippen MR) is 73.9 cm³/mol. The molecule has 0 spiro atoms. The van der Waals surface area contributed by atoms with Crippen LogP contribution in [0.25, 0.3) is 0 Å². The molecule has 100 valence electrons. The van der Waals surface area contributed by atoms with Gasteiger partial charge in [-0.2, -0.15) is 0 Å². The van der Waals surface area contributed by atoms with Gasteiger partial charge in [-0.1, -0.05) is 51.2 Å². The van der Waals surface area contributed by atoms with E-state index in [1.54, 1.807) is 6.07 Å². The molecule has 1 aliphatic rings. The highest BCUT2D eigenvalue weighted by Crippen LogP contribution is 2.38. The molecule has 1 saturated heterocycles. The first-order valence-electron chi connectivity index (χ1n) is 7.25. The molecule has 0 radical (unpaired) electrons. The minimum absolute atomic E-state index is 0.154. The molecule has 1 heterocycles. The van der Waals surface area contributed by atoms with E-state index in [1.165, 1.54) is 44.1 Å². The van der Waals surface area contributed by atoms with Crippen LogP contribution in [-0.4, -0.2) is 11.7 Å². The lowest BCUT2D eigenvalue weighted by molar-refractivity contribution is 0.399. The first-order valence-corrected chi connectivity index (χ1v) is 7.25. The predicted octanol–water partition coefficient (Wildman–Crippen LogP) is 4.37. The first kappa shape index (κ1) is 13.4. The standard InChI is InChI=1S/C16H24O2/c1-2-3-4-5-6-7-9-13-10-8-11-14(17)16(13)15-12-18-15/h8,10-11,15,17H,2-7,9,12H2,1H3. The number of aryl methyl sites for hydroxylation is 1. The van der Waals surface area contributed by atoms with Gasteiger partial charge in [-0.3, -0.25) is 0 Å². The Morgan fingerprint density at radius 2 is 1.89 bits per heavy atom. The maximum absolute atomic E-state index is 9.89. The third-order valence-corrected chi connectivity index (χ3v) is 3.63. The molecule has 1 N–H and O–H groups in total. The number of benzene rings is 1. The lowest BCUT2D eigenvalue weighted by Crippen LogP contribution is -1.94. The monoisotopic (exact) mass is 248 g/mol. The Hall–Kier alpha value is -1.02. The van der Waals surface area contributed by atoms with Crippen molar-refractivity contribution in [3.63, 3.8) is 0 Å². The molecule has 1 unspecified atom stereocenters. The Morgan fingerprint density at radius 3 is 2.61 bits per heavy atom. The van der Waals surface area contributed by atoms with Crippen LogP contribution in [0.3, 0.4) is 0 Å². The normalized spacial score (nSPS) is 17.9. The van der Waals surface area contributed by atoms with Gasteiger partial charge in [0, 0.05) is 5.56 Å². The summed E-state index contributed by atoms with van der Waals surface area (Å²) in [5, 5.41) is 9.89. The fourth-order valence-electron chi connectivity index (χ4n) is 2.50. The molecule has 2 nitrogen and oxygen atoms in total. The SMILES string of the molecule is CCCCCCCCc1cccc(O)c1C1CO1. The minimum Gasteiger partial charge on any atom is -0.508 e. The zero-order valence-electron chi connectivity index (χ0n) is 11.3. The molecular weight excluding hydrogens is 224 g/mol. The number of ether oxygens (including phenoxy) is 1. The van der Waals surface area contributed by atoms with Crippen molar-refractivity contribution in [1.29, 1.82) is 0 Å². The molecule has 1 fully saturated rings. The second kappa shape index (κ2) is 6.79. The molecule has 1 aliphatic heterocycles. The zero-order valence-corrected chi connectivity index (χ0v) is 11.3. The Balaban J connectivity index is 1.80. The van der Waals surface area contributed by atoms with E-state index in [4.69, 9.17) is 4.74 Å². The van der Waals surface area contributed by atoms with Crippen LogP contribution in [0.5, 0.6) is 5.75 Å². The smallest absolute Gasteiger partial charge is 0.121 e. The Morgan fingerprint density at radius 1 is 1.17 bits per heavy atom. The van der Waals surface area contributed by atoms with Crippen LogP contribution in [0.4, 0.5) is 0 Å². The van der Waals surface area contributed by atoms with E-state index in [-0.39, 0.29) is 6.10 Å². The second-order valence-corrected chi connectivity index (χ2v) is 5.19. The number of unbranched alkanes of at least 4 members (excludes halogenated alkanes) is 5. The molecule has 2 heteroatoms. The maximum Gasteiger partial charge on any atom is 0.121 e. The topological polar surface area (TPSA) is 32.8 Å². The molecule has 0 saturated carbocycles. The van der Waals surface area contributed by atoms with Gasteiger partial charge in [-0.15, -0.1) is 0 Å². The number of hydrogen-bond acceptors (Lipinski definition) is 2. The van der Waals surface area contributed by atoms with Crippen molar-refractivity contribution in [3.05, 3.63) is 29.3 Å². The summed E-state index contributed by atoms with van der Waals surface area (Å²) in [6.07, 6.45) is 9.07. The van der Waals surface area contributed by atoms with Crippen LogP contribution >= 0.6 is 0 Å². The Bertz CT molecular complexity index is 369. The van der Waals surface area contributed by atoms with E-state index in [2.05, 4.69) is 13.0 Å². The Labute approximate surface area is 110 Å². The third-order valence-electron chi connectivity index (χ3n) is 3.63. The fraction of sp³-hybridized carbons (Fsp3) is 0.625. The third kappa shape index (κ3) is 3.74. The molecule has 0 aliphatic carbocycles. The lowest BCUT2D eigenvalue weighted by atomic mass is 9.98. The summed E-state index contributed by atoms with van der Waals surface area (Å²) >= 11 is 0. The van der Waals surface area contributed by atoms with E-state index in [0.717, 1.165) is 18.6 Å². The van der Waals surface area contributed by atoms with Crippen molar-refractivity contribution in [1.82, 2.24) is 0 Å². The van der Waals surface area contributed by atoms with Crippen LogP contribution in [-0.2, 0) is 11.2 Å². The highest BCUT2D eigenvalue weighted by molar-refractivity contribution is 5.42. The maximum atomic E-state index is 9.89. The van der Waals surface area contributed by atoms with Gasteiger partial charge >= 0.3 is 0 Å². The summed E-state index contributed by atoms with van der Waals surface area (Å²) in [5.74, 6) is 0.404. The molecule has 1 aromatic rings. The number of aromatic hydroxyl groups is 1. The minimum atomic E-state index is 0.154. The van der Waals surface area contributed by atoms with Crippen LogP contribution in [0, 0.1) is 0 Å². The highest BCUT2D eigenvalue weighted by atomic mass is 16.6. The van der Waals surface area contributed by atoms with E-state index >= 15 is 0 Å². The zero-order chi connectivity index (χ0) is 12.8. The molecule has 0 aromatic heterocycles. The van der Waals surface area contributed by atoms with Gasteiger partial charge in [-0.05, 0) is 24.5 Å². The quantitative estimate of drug-likeness (QED) is 0.547. The average Bonchev–Trinajstić information content (AvgIpc) is 3.18. The van der Waals surface area contributed by atoms with Crippen molar-refractivity contribution >= 4 is 0 Å². The average molecular weight is 248 g/mol. The Kier molecular flexibility index (Phi) is 5.06. The van der Waals surface area contributed by atoms with Crippen LogP contribution in [0.2, 0.25) is 0 Å². The summed E-state index contributed by atoms with van der Waals surface area (Å²) in [6, 6.07) is 5.83. The number of hydrogen-bond donors (Lipinski definition) is 1. The first-order chi connectivity index (χ1) is 8.83. The number of epoxide rings is 1. The van der Waals surface area contributed by atoms with Gasteiger partial charge in [0.2, 0.25) is 0 Å². The van der Waals surface area contributed by atoms with Crippen LogP contribution in [0.15, 0.2) is 18.2 Å². The second-order valence-electron chi connectivity index (χ2n) is 5.19. The number of rotatable bonds is 8. The van der Waals surface area contributed by atoms with E-state index in [9.17, 15) is 5.11 Å². The molecule has 1 atom stereocenters. The summed E-state index contributed by atoms with van der Waals surface area (Å²) in [6.45, 7) is 3.01. The van der Waals surface area contributed by atoms with Gasteiger partial charge in [0.05, 0.1) is 6.61 Å². The van der Waals surface area contributed by atoms with Crippen molar-refractivity contribution in [3.8, 4) is 5.75 Å². The summed E-state index contributed by atoms with van der Waals surface area (Å²) < 4.78 is 5.32. The summed E-state index contributed by atoms with van der Waals surface area (Å²) in [4.78, 5) is 0. The fourth-order valence-corrected chi connectivity index (χ4v) is 2.50. The molecule has 18 heavy (non-hydrogen) atoms. The van der Waals surface area contributed by atoms with Crippen molar-refractivity contribution < 1.29 is 9.84 Å². The van der Waals surface area contributed by atoms with Crippen LogP contribution in [0.1, 0.15) is 62.7 Å². The van der Waals surface area contributed by atoms with E-state index in [0.29, 0.717) is 5.75 Å². The number of phenols is 1. The largest absolute Gasteiger partial charge is 0.508 e. The lowest BCUT2D eigenvalue weighted by Gasteiger charge is -2.09. The van der Waals surface area contributed by atoms with Gasteiger partial charge in [0.15, 0.2) is 0 Å². The molecule has 1 aromatic carbocycles. The molecule has 0 bridgehead atoms. The van der Waals surface area contributed by atoms with Gasteiger partial charge < -0.3 is 9.84 Å². The molecule has 2 rings (SSSR count). The van der Waals surface area contributed by atoms with Crippen molar-refractivity contribution in [2.75, 3.05) is 6.61 Å². The summed E-state index contributed by atoms with van der Waals surface area (Å²) in [5.41, 5.74) is 2.30. The van der Waals surface area contributed by atoms with E-state index in [1.807, 2.05) is 6.07 Å². The van der Waals surface area contributed by atoms with Crippen molar-refractivity contribution in [2.45, 2.75) is 58.0 Å². The molecule has 0 amide bonds. The van der Waals surface area contributed by atoms with Crippen LogP contribution < -0.4 is 0 Å².